The number of hydrogen-bond acceptors (Lipinski definition) is 6. The van der Waals surface area contributed by atoms with E-state index in [-0.39, 0.29) is 0 Å². The molecule has 13 heteroatoms. The Morgan fingerprint density at radius 2 is 0.427 bits per heavy atom. The van der Waals surface area contributed by atoms with Gasteiger partial charge in [-0.15, -0.1) is 0 Å². The molecule has 0 N–H and O–H groups in total. The average molecular weight is 1820 g/mol. The van der Waals surface area contributed by atoms with E-state index in [2.05, 4.69) is 439 Å². The highest BCUT2D eigenvalue weighted by atomic mass is 15.0. The molecule has 0 saturated heterocycles. The summed E-state index contributed by atoms with van der Waals surface area (Å²) in [7, 11) is 0. The molecule has 0 radical (unpaired) electrons. The number of para-hydroxylation sites is 9. The molecule has 34 rings (SSSR count). The predicted molar refractivity (Wildman–Crippen MR) is 592 cm³/mol. The Morgan fingerprint density at radius 1 is 0.147 bits per heavy atom. The number of nitrogens with zero attached hydrogens (tertiary/aromatic N) is 13. The Hall–Kier alpha value is -19.5. The first-order valence-corrected chi connectivity index (χ1v) is 48.6. The molecule has 0 spiro atoms. The van der Waals surface area contributed by atoms with Crippen LogP contribution in [0.25, 0.3) is 302 Å². The van der Waals surface area contributed by atoms with Crippen LogP contribution in [-0.4, -0.2) is 61.2 Å². The van der Waals surface area contributed by atoms with Gasteiger partial charge in [-0.25, -0.2) is 9.97 Å². The van der Waals surface area contributed by atoms with Gasteiger partial charge in [0.05, 0.1) is 111 Å². The van der Waals surface area contributed by atoms with Crippen LogP contribution in [0, 0.1) is 0 Å². The number of benzene rings is 18. The predicted octanol–water partition coefficient (Wildman–Crippen LogP) is 32.8. The van der Waals surface area contributed by atoms with Gasteiger partial charge in [-0.05, 0) is 203 Å². The molecule has 0 aliphatic carbocycles. The third kappa shape index (κ3) is 11.0. The molecule has 0 amide bonds. The van der Waals surface area contributed by atoms with Gasteiger partial charge in [0.15, 0.2) is 5.82 Å². The summed E-state index contributed by atoms with van der Waals surface area (Å²) >= 11 is 0. The summed E-state index contributed by atoms with van der Waals surface area (Å²) < 4.78 is 16.9. The van der Waals surface area contributed by atoms with Gasteiger partial charge in [-0.2, -0.15) is 0 Å². The first kappa shape index (κ1) is 77.6. The Balaban J connectivity index is 0.000000100. The van der Waals surface area contributed by atoms with E-state index in [1.165, 1.54) is 191 Å². The van der Waals surface area contributed by atoms with Crippen LogP contribution >= 0.6 is 0 Å². The maximum atomic E-state index is 5.18. The Bertz CT molecular complexity index is 11100. The molecule has 0 unspecified atom stereocenters. The molecule has 34 aromatic rings. The quantitative estimate of drug-likeness (QED) is 0.150. The number of pyridine rings is 4. The lowest BCUT2D eigenvalue weighted by Crippen LogP contribution is -1.96. The van der Waals surface area contributed by atoms with Crippen LogP contribution in [-0.2, 0) is 0 Å². The average Bonchev–Trinajstić information content (AvgIpc) is 1.55. The van der Waals surface area contributed by atoms with Gasteiger partial charge < -0.3 is 31.3 Å². The summed E-state index contributed by atoms with van der Waals surface area (Å²) in [5.41, 5.74) is 36.4. The highest BCUT2D eigenvalue weighted by Crippen LogP contribution is 2.50. The van der Waals surface area contributed by atoms with Gasteiger partial charge in [-0.3, -0.25) is 19.9 Å². The summed E-state index contributed by atoms with van der Waals surface area (Å²) in [6, 6.07) is 148. The van der Waals surface area contributed by atoms with Crippen LogP contribution in [0.5, 0.6) is 0 Å². The van der Waals surface area contributed by atoms with Crippen LogP contribution < -0.4 is 0 Å². The minimum absolute atomic E-state index is 0.698. The van der Waals surface area contributed by atoms with Gasteiger partial charge in [0.2, 0.25) is 0 Å². The van der Waals surface area contributed by atoms with Gasteiger partial charge >= 0.3 is 0 Å². The number of fused-ring (bicyclic) bond motifs is 34. The van der Waals surface area contributed by atoms with Crippen molar-refractivity contribution in [3.05, 3.63) is 456 Å². The largest absolute Gasteiger partial charge is 0.309 e. The number of aromatic nitrogens is 13. The molecule has 0 bridgehead atoms. The smallest absolute Gasteiger partial charge is 0.160 e. The highest BCUT2D eigenvalue weighted by Gasteiger charge is 2.28. The molecule has 660 valence electrons. The zero-order valence-corrected chi connectivity index (χ0v) is 76.6. The third-order valence-electron chi connectivity index (χ3n) is 30.7. The molecular weight excluding hydrogens is 1740 g/mol. The van der Waals surface area contributed by atoms with Crippen molar-refractivity contribution in [3.63, 3.8) is 0 Å². The lowest BCUT2D eigenvalue weighted by molar-refractivity contribution is 1.17. The van der Waals surface area contributed by atoms with Crippen molar-refractivity contribution in [2.24, 2.45) is 0 Å². The van der Waals surface area contributed by atoms with Crippen LogP contribution in [0.3, 0.4) is 0 Å². The molecule has 0 saturated carbocycles. The first-order chi connectivity index (χ1) is 71.0. The molecule has 0 aliphatic rings. The number of hydrogen-bond donors (Lipinski definition) is 0. The van der Waals surface area contributed by atoms with E-state index in [4.69, 9.17) is 9.97 Å². The van der Waals surface area contributed by atoms with Crippen LogP contribution in [0.4, 0.5) is 0 Å². The van der Waals surface area contributed by atoms with E-state index < -0.39 is 0 Å². The first-order valence-electron chi connectivity index (χ1n) is 48.6. The standard InChI is InChI=1S/C55H33N5.C47H26N4.C28H16N4/c1-2-12-34(13-3-1)53-43-20-4-7-21-48(43)57-55(58-53)38-24-25-51-44(30-38)47-33-56-27-26-52(47)59(51)40-17-11-16-37(29-40)35-14-10-15-36(28-35)39-31-45-41-18-5-8-22-49(41)60-50-23-9-6-19-42(50)46(32-39)54(45)60;1-4-13-40-30(8-1)33-11-7-12-34-35-22-27(17-19-44(35)51(40)46(33)34)28-16-18-43-36(23-28)39-26-48-21-20-45(39)49(43)29-24-37-31-9-2-5-14-41(31)50-42-15-6-3-10-32(42)38(25-29)47(37)50;1-3-7-24-18(5-1)20-13-17(14-21-19-6-2-4-8-25(19)32(24)28(20)21)31-26-9-11-29-15-22(26)23-16-30-12-10-27(23)31/h1-33H;1-26H;1-16H. The molecule has 0 aliphatic heterocycles. The van der Waals surface area contributed by atoms with Crippen molar-refractivity contribution >= 4 is 229 Å². The summed E-state index contributed by atoms with van der Waals surface area (Å²) in [5, 5.41) is 28.4. The third-order valence-corrected chi connectivity index (χ3v) is 30.7. The second kappa shape index (κ2) is 29.5. The molecule has 143 heavy (non-hydrogen) atoms. The van der Waals surface area contributed by atoms with Crippen molar-refractivity contribution in [2.45, 2.75) is 0 Å². The van der Waals surface area contributed by atoms with E-state index in [1.54, 1.807) is 0 Å². The Labute approximate surface area is 813 Å². The topological polar surface area (TPSA) is 110 Å². The second-order valence-corrected chi connectivity index (χ2v) is 38.0. The lowest BCUT2D eigenvalue weighted by atomic mass is 9.96. The van der Waals surface area contributed by atoms with E-state index in [9.17, 15) is 0 Å². The van der Waals surface area contributed by atoms with Crippen molar-refractivity contribution in [1.29, 1.82) is 0 Å². The zero-order valence-electron chi connectivity index (χ0n) is 76.6. The summed E-state index contributed by atoms with van der Waals surface area (Å²) in [6.07, 6.45) is 15.4. The second-order valence-electron chi connectivity index (χ2n) is 38.0. The fraction of sp³-hybridized carbons (Fsp3) is 0. The van der Waals surface area contributed by atoms with Crippen molar-refractivity contribution in [1.82, 2.24) is 61.2 Å². The van der Waals surface area contributed by atoms with Gasteiger partial charge in [0, 0.05) is 202 Å². The molecule has 16 aromatic heterocycles. The van der Waals surface area contributed by atoms with Gasteiger partial charge in [-0.1, -0.05) is 237 Å². The lowest BCUT2D eigenvalue weighted by Gasteiger charge is -2.12. The SMILES string of the molecule is c1ccc(-c2nc(-c3ccc4c(c3)c3cnccc3n4-c3cccc(-c4cccc(-c5cc6c7ccccc7n7c8ccccc8c(c5)c67)c4)c3)nc3ccccc23)cc1.c1ccc2c(c1)c1cc(-n3c4ccncc4c4cnccc43)cc3c4ccccc4n2c13.c1ccc2c(c1)c1cccc3c4cc(-c5ccc6c(c5)c5cnccc5n6-c5cc6c7ccccc7n7c8ccccc8c(c5)c67)ccc4n2c13. The summed E-state index contributed by atoms with van der Waals surface area (Å²) in [6.45, 7) is 0. The van der Waals surface area contributed by atoms with Gasteiger partial charge in [0.25, 0.3) is 0 Å². The minimum Gasteiger partial charge on any atom is -0.309 e. The van der Waals surface area contributed by atoms with E-state index in [1.807, 2.05) is 67.8 Å². The van der Waals surface area contributed by atoms with E-state index in [0.717, 1.165) is 105 Å². The maximum Gasteiger partial charge on any atom is 0.160 e. The van der Waals surface area contributed by atoms with E-state index in [0.29, 0.717) is 5.82 Å². The van der Waals surface area contributed by atoms with E-state index >= 15 is 0 Å². The Kier molecular flexibility index (Phi) is 16.0. The summed E-state index contributed by atoms with van der Waals surface area (Å²) in [5.74, 6) is 0.698. The van der Waals surface area contributed by atoms with Gasteiger partial charge in [0.1, 0.15) is 0 Å². The minimum atomic E-state index is 0.698. The molecule has 0 fully saturated rings. The van der Waals surface area contributed by atoms with Crippen molar-refractivity contribution in [2.75, 3.05) is 0 Å². The maximum absolute atomic E-state index is 5.18. The fourth-order valence-electron chi connectivity index (χ4n) is 24.7. The molecule has 18 aromatic carbocycles. The Morgan fingerprint density at radius 3 is 0.874 bits per heavy atom. The van der Waals surface area contributed by atoms with Crippen molar-refractivity contribution < 1.29 is 0 Å². The molecule has 0 atom stereocenters. The number of rotatable bonds is 8. The molecule has 13 nitrogen and oxygen atoms in total. The van der Waals surface area contributed by atoms with Crippen molar-refractivity contribution in [3.8, 4) is 73.1 Å². The summed E-state index contributed by atoms with van der Waals surface area (Å²) in [4.78, 5) is 28.2. The van der Waals surface area contributed by atoms with Crippen LogP contribution in [0.15, 0.2) is 456 Å². The van der Waals surface area contributed by atoms with Crippen LogP contribution in [0.2, 0.25) is 0 Å². The zero-order chi connectivity index (χ0) is 93.1. The molecule has 16 heterocycles. The van der Waals surface area contributed by atoms with Crippen LogP contribution in [0.1, 0.15) is 0 Å². The normalized spacial score (nSPS) is 12.3. The fourth-order valence-corrected chi connectivity index (χ4v) is 24.7. The molecular formula is C130H75N13. The monoisotopic (exact) mass is 1820 g/mol. The highest BCUT2D eigenvalue weighted by molar-refractivity contribution is 6.29.